The van der Waals surface area contributed by atoms with Crippen LogP contribution in [0.5, 0.6) is 0 Å². The van der Waals surface area contributed by atoms with Crippen molar-refractivity contribution in [2.45, 2.75) is 0 Å². The largest absolute Gasteiger partial charge is 0.367 e. The molecule has 0 fully saturated rings. The second-order valence-corrected chi connectivity index (χ2v) is 1.89. The number of H-pyrrole nitrogens is 1. The molecule has 1 aromatic heterocycles. The Kier molecular flexibility index (Phi) is 0.618. The monoisotopic (exact) mass is 104 g/mol. The zero-order valence-corrected chi connectivity index (χ0v) is 4.39. The average Bonchev–Trinajstić information content (AvgIpc) is 2.15. The van der Waals surface area contributed by atoms with Crippen molar-refractivity contribution in [3.63, 3.8) is 0 Å². The van der Waals surface area contributed by atoms with Gasteiger partial charge in [-0.05, 0) is 11.1 Å². The normalized spacial score (nSPS) is 14.5. The van der Waals surface area contributed by atoms with Gasteiger partial charge in [0.1, 0.15) is 0 Å². The zero-order valence-electron chi connectivity index (χ0n) is 4.39. The van der Waals surface area contributed by atoms with Gasteiger partial charge >= 0.3 is 0 Å². The van der Waals surface area contributed by atoms with E-state index in [1.54, 1.807) is 0 Å². The molecule has 1 heterocycles. The van der Waals surface area contributed by atoms with Crippen LogP contribution in [-0.4, -0.2) is 4.98 Å². The predicted molar refractivity (Wildman–Crippen MR) is 33.2 cm³/mol. The molecule has 0 atom stereocenters. The number of aromatic nitrogens is 1. The Labute approximate surface area is 48.0 Å². The zero-order chi connectivity index (χ0) is 5.40. The van der Waals surface area contributed by atoms with Crippen LogP contribution < -0.4 is 0 Å². The van der Waals surface area contributed by atoms with Crippen LogP contribution >= 0.6 is 0 Å². The average molecular weight is 104 g/mol. The Bertz CT molecular complexity index is 220. The highest BCUT2D eigenvalue weighted by Gasteiger charge is 2.02. The summed E-state index contributed by atoms with van der Waals surface area (Å²) >= 11 is 0. The molecule has 1 nitrogen and oxygen atoms in total. The molecule has 0 bridgehead atoms. The van der Waals surface area contributed by atoms with Crippen molar-refractivity contribution >= 4 is 6.08 Å². The molecule has 0 saturated carbocycles. The number of allylic oxidation sites excluding steroid dienone is 1. The third-order valence-corrected chi connectivity index (χ3v) is 1.36. The van der Waals surface area contributed by atoms with Crippen molar-refractivity contribution in [1.82, 2.24) is 4.98 Å². The number of fused-ring (bicyclic) bond motifs is 1. The van der Waals surface area contributed by atoms with Crippen molar-refractivity contribution in [1.29, 1.82) is 0 Å². The Morgan fingerprint density at radius 3 is 2.88 bits per heavy atom. The van der Waals surface area contributed by atoms with Crippen molar-refractivity contribution in [3.05, 3.63) is 36.0 Å². The van der Waals surface area contributed by atoms with Crippen LogP contribution in [0.4, 0.5) is 0 Å². The number of nitrogens with one attached hydrogen (secondary N) is 1. The lowest BCUT2D eigenvalue weighted by molar-refractivity contribution is 1.40. The summed E-state index contributed by atoms with van der Waals surface area (Å²) in [5.41, 5.74) is 2.59. The van der Waals surface area contributed by atoms with Crippen LogP contribution in [0.25, 0.3) is 6.08 Å². The van der Waals surface area contributed by atoms with Crippen molar-refractivity contribution < 1.29 is 0 Å². The molecule has 0 aromatic carbocycles. The minimum absolute atomic E-state index is 1.30. The van der Waals surface area contributed by atoms with E-state index in [1.807, 2.05) is 12.4 Å². The molecule has 1 N–H and O–H groups in total. The SMILES string of the molecule is [CH]1C=Cc2c[nH]cc21. The highest BCUT2D eigenvalue weighted by Crippen LogP contribution is 2.18. The Hall–Kier alpha value is -0.980. The van der Waals surface area contributed by atoms with Gasteiger partial charge in [-0.1, -0.05) is 12.2 Å². The smallest absolute Gasteiger partial charge is 0.0147 e. The van der Waals surface area contributed by atoms with E-state index in [9.17, 15) is 0 Å². The van der Waals surface area contributed by atoms with E-state index in [2.05, 4.69) is 23.6 Å². The quantitative estimate of drug-likeness (QED) is 0.514. The van der Waals surface area contributed by atoms with Gasteiger partial charge in [-0.25, -0.2) is 0 Å². The first-order valence-corrected chi connectivity index (χ1v) is 2.65. The number of rotatable bonds is 0. The van der Waals surface area contributed by atoms with Gasteiger partial charge in [0.2, 0.25) is 0 Å². The van der Waals surface area contributed by atoms with E-state index in [1.165, 1.54) is 11.1 Å². The second kappa shape index (κ2) is 1.25. The summed E-state index contributed by atoms with van der Waals surface area (Å²) in [6, 6.07) is 0. The summed E-state index contributed by atoms with van der Waals surface area (Å²) in [6.07, 6.45) is 10.2. The molecule has 39 valence electrons. The number of hydrogen-bond donors (Lipinski definition) is 1. The minimum atomic E-state index is 1.30. The molecule has 1 radical (unpaired) electrons. The van der Waals surface area contributed by atoms with Gasteiger partial charge in [0, 0.05) is 18.8 Å². The molecule has 2 rings (SSSR count). The summed E-state index contributed by atoms with van der Waals surface area (Å²) in [4.78, 5) is 3.02. The van der Waals surface area contributed by atoms with Gasteiger partial charge in [-0.2, -0.15) is 0 Å². The third kappa shape index (κ3) is 0.360. The van der Waals surface area contributed by atoms with Gasteiger partial charge in [0.05, 0.1) is 0 Å². The molecule has 1 aliphatic rings. The van der Waals surface area contributed by atoms with Crippen LogP contribution in [0.2, 0.25) is 0 Å². The lowest BCUT2D eigenvalue weighted by Crippen LogP contribution is -1.65. The highest BCUT2D eigenvalue weighted by atomic mass is 14.6. The van der Waals surface area contributed by atoms with E-state index in [4.69, 9.17) is 0 Å². The molecule has 0 saturated heterocycles. The summed E-state index contributed by atoms with van der Waals surface area (Å²) < 4.78 is 0. The summed E-state index contributed by atoms with van der Waals surface area (Å²) in [7, 11) is 0. The Morgan fingerprint density at radius 1 is 1.12 bits per heavy atom. The van der Waals surface area contributed by atoms with E-state index in [0.29, 0.717) is 0 Å². The van der Waals surface area contributed by atoms with Gasteiger partial charge in [0.25, 0.3) is 0 Å². The highest BCUT2D eigenvalue weighted by molar-refractivity contribution is 5.63. The summed E-state index contributed by atoms with van der Waals surface area (Å²) in [6.45, 7) is 0. The fourth-order valence-electron chi connectivity index (χ4n) is 0.932. The molecule has 1 heteroatoms. The number of aromatic amines is 1. The molecule has 0 aliphatic heterocycles. The van der Waals surface area contributed by atoms with Crippen LogP contribution in [0.15, 0.2) is 18.5 Å². The molecular weight excluding hydrogens is 98.1 g/mol. The maximum Gasteiger partial charge on any atom is 0.0147 e. The van der Waals surface area contributed by atoms with E-state index in [-0.39, 0.29) is 0 Å². The molecular formula is C7H6N. The second-order valence-electron chi connectivity index (χ2n) is 1.89. The topological polar surface area (TPSA) is 15.8 Å². The summed E-state index contributed by atoms with van der Waals surface area (Å²) in [5, 5.41) is 0. The molecule has 8 heavy (non-hydrogen) atoms. The predicted octanol–water partition coefficient (Wildman–Crippen LogP) is 1.59. The third-order valence-electron chi connectivity index (χ3n) is 1.36. The summed E-state index contributed by atoms with van der Waals surface area (Å²) in [5.74, 6) is 0. The first-order valence-electron chi connectivity index (χ1n) is 2.65. The number of hydrogen-bond acceptors (Lipinski definition) is 0. The van der Waals surface area contributed by atoms with Gasteiger partial charge < -0.3 is 4.98 Å². The Balaban J connectivity index is 2.67. The maximum absolute atomic E-state index is 3.02. The molecule has 1 aliphatic carbocycles. The fourth-order valence-corrected chi connectivity index (χ4v) is 0.932. The molecule has 0 amide bonds. The lowest BCUT2D eigenvalue weighted by atomic mass is 10.2. The van der Waals surface area contributed by atoms with Crippen LogP contribution in [0, 0.1) is 6.42 Å². The molecule has 0 spiro atoms. The molecule has 1 aromatic rings. The van der Waals surface area contributed by atoms with Crippen LogP contribution in [-0.2, 0) is 0 Å². The Morgan fingerprint density at radius 2 is 2.00 bits per heavy atom. The van der Waals surface area contributed by atoms with Crippen LogP contribution in [0.1, 0.15) is 11.1 Å². The lowest BCUT2D eigenvalue weighted by Gasteiger charge is -1.78. The molecule has 0 unspecified atom stereocenters. The van der Waals surface area contributed by atoms with Crippen LogP contribution in [0.3, 0.4) is 0 Å². The standard InChI is InChI=1S/C7H6N/c1-2-6-4-8-5-7(6)3-1/h1-5,8H. The van der Waals surface area contributed by atoms with Gasteiger partial charge in [-0.3, -0.25) is 0 Å². The van der Waals surface area contributed by atoms with Crippen molar-refractivity contribution in [3.8, 4) is 0 Å². The first-order chi connectivity index (χ1) is 3.97. The van der Waals surface area contributed by atoms with E-state index >= 15 is 0 Å². The van der Waals surface area contributed by atoms with Crippen molar-refractivity contribution in [2.75, 3.05) is 0 Å². The van der Waals surface area contributed by atoms with Crippen molar-refractivity contribution in [2.24, 2.45) is 0 Å². The maximum atomic E-state index is 3.02. The first kappa shape index (κ1) is 3.96. The van der Waals surface area contributed by atoms with E-state index in [0.717, 1.165) is 0 Å². The van der Waals surface area contributed by atoms with E-state index < -0.39 is 0 Å². The fraction of sp³-hybridized carbons (Fsp3) is 0. The van der Waals surface area contributed by atoms with Gasteiger partial charge in [-0.15, -0.1) is 0 Å². The minimum Gasteiger partial charge on any atom is -0.367 e. The van der Waals surface area contributed by atoms with Gasteiger partial charge in [0.15, 0.2) is 0 Å².